The van der Waals surface area contributed by atoms with Crippen molar-refractivity contribution in [3.8, 4) is 12.3 Å². The van der Waals surface area contributed by atoms with Crippen LogP contribution in [0.15, 0.2) is 53.6 Å². The number of benzene rings is 3. The van der Waals surface area contributed by atoms with Crippen LogP contribution in [-0.2, 0) is 5.72 Å². The molecule has 3 aromatic carbocycles. The van der Waals surface area contributed by atoms with Crippen molar-refractivity contribution >= 4 is 23.0 Å². The Bertz CT molecular complexity index is 1500. The predicted molar refractivity (Wildman–Crippen MR) is 112 cm³/mol. The first-order valence-electron chi connectivity index (χ1n) is 9.31. The maximum absolute atomic E-state index is 15.2. The Kier molecular flexibility index (Phi) is 5.21. The van der Waals surface area contributed by atoms with Crippen molar-refractivity contribution in [3.05, 3.63) is 109 Å². The van der Waals surface area contributed by atoms with Crippen molar-refractivity contribution in [2.45, 2.75) is 5.72 Å². The van der Waals surface area contributed by atoms with Gasteiger partial charge in [-0.25, -0.2) is 13.2 Å². The van der Waals surface area contributed by atoms with E-state index < -0.39 is 67.8 Å². The minimum absolute atomic E-state index is 0.311. The van der Waals surface area contributed by atoms with Crippen LogP contribution in [0.4, 0.5) is 30.2 Å². The molecule has 1 N–H and O–H groups in total. The van der Waals surface area contributed by atoms with E-state index in [0.717, 1.165) is 18.2 Å². The number of anilines is 1. The lowest BCUT2D eigenvalue weighted by Crippen LogP contribution is -2.46. The van der Waals surface area contributed by atoms with Crippen molar-refractivity contribution in [1.82, 2.24) is 0 Å². The molecule has 1 aliphatic rings. The van der Waals surface area contributed by atoms with E-state index in [2.05, 4.69) is 15.9 Å². The fourth-order valence-electron chi connectivity index (χ4n) is 3.85. The second-order valence-corrected chi connectivity index (χ2v) is 7.03. The summed E-state index contributed by atoms with van der Waals surface area (Å²) in [6.07, 6.45) is 5.27. The van der Waals surface area contributed by atoms with E-state index in [1.807, 2.05) is 0 Å². The lowest BCUT2D eigenvalue weighted by atomic mass is 9.92. The Morgan fingerprint density at radius 2 is 1.88 bits per heavy atom. The summed E-state index contributed by atoms with van der Waals surface area (Å²) in [6.45, 7) is 0. The number of nitro groups is 1. The van der Waals surface area contributed by atoms with Gasteiger partial charge in [-0.05, 0) is 35.9 Å². The second kappa shape index (κ2) is 7.93. The molecule has 1 atom stereocenters. The molecular formula is C22H10F3N5O4. The van der Waals surface area contributed by atoms with Crippen LogP contribution in [0.3, 0.4) is 0 Å². The van der Waals surface area contributed by atoms with E-state index in [1.54, 1.807) is 0 Å². The number of nitrogens with zero attached hydrogens (tertiary/aromatic N) is 5. The molecule has 1 heterocycles. The average molecular weight is 465 g/mol. The molecule has 0 aromatic heterocycles. The first-order valence-corrected chi connectivity index (χ1v) is 9.31. The second-order valence-electron chi connectivity index (χ2n) is 7.03. The fraction of sp³-hybridized carbons (Fsp3) is 0.0455. The van der Waals surface area contributed by atoms with Gasteiger partial charge in [-0.1, -0.05) is 23.2 Å². The number of rotatable bonds is 4. The molecule has 168 valence electrons. The highest BCUT2D eigenvalue weighted by Gasteiger charge is 2.55. The number of amides is 1. The zero-order valence-corrected chi connectivity index (χ0v) is 16.7. The highest BCUT2D eigenvalue weighted by atomic mass is 19.1. The smallest absolute Gasteiger partial charge is 0.279 e. The Morgan fingerprint density at radius 1 is 1.18 bits per heavy atom. The van der Waals surface area contributed by atoms with Gasteiger partial charge in [0.2, 0.25) is 5.72 Å². The molecule has 1 aliphatic heterocycles. The van der Waals surface area contributed by atoms with Crippen LogP contribution in [0.5, 0.6) is 0 Å². The number of carbonyl (C=O) groups is 1. The molecule has 0 aliphatic carbocycles. The molecule has 0 radical (unpaired) electrons. The molecule has 0 saturated carbocycles. The number of hydrogen-bond donors (Lipinski definition) is 1. The van der Waals surface area contributed by atoms with Gasteiger partial charge in [-0.15, -0.1) is 6.42 Å². The van der Waals surface area contributed by atoms with Gasteiger partial charge >= 0.3 is 0 Å². The van der Waals surface area contributed by atoms with Crippen molar-refractivity contribution in [3.63, 3.8) is 0 Å². The molecule has 1 unspecified atom stereocenters. The predicted octanol–water partition coefficient (Wildman–Crippen LogP) is 4.79. The summed E-state index contributed by atoms with van der Waals surface area (Å²) in [4.78, 5) is 26.7. The largest absolute Gasteiger partial charge is 0.363 e. The molecule has 34 heavy (non-hydrogen) atoms. The maximum Gasteiger partial charge on any atom is 0.279 e. The third-order valence-corrected chi connectivity index (χ3v) is 5.29. The van der Waals surface area contributed by atoms with Crippen LogP contribution >= 0.6 is 0 Å². The molecule has 0 fully saturated rings. The van der Waals surface area contributed by atoms with Gasteiger partial charge in [-0.3, -0.25) is 19.8 Å². The summed E-state index contributed by atoms with van der Waals surface area (Å²) >= 11 is 0. The molecular weight excluding hydrogens is 455 g/mol. The number of aliphatic hydroxyl groups is 1. The Balaban J connectivity index is 2.12. The minimum atomic E-state index is -2.94. The number of carbonyl (C=O) groups excluding carboxylic acids is 1. The van der Waals surface area contributed by atoms with E-state index in [0.29, 0.717) is 23.1 Å². The van der Waals surface area contributed by atoms with Gasteiger partial charge in [0, 0.05) is 16.5 Å². The van der Waals surface area contributed by atoms with Crippen molar-refractivity contribution in [1.29, 1.82) is 0 Å². The SMILES string of the molecule is C#Cc1cccc(N2C(=O)c3c(F)ccc(F)c3C2(O)c2ccc(N=[N+]=[N-])c([N+](=O)[O-])c2)c1F. The van der Waals surface area contributed by atoms with Gasteiger partial charge in [0.05, 0.1) is 27.3 Å². The summed E-state index contributed by atoms with van der Waals surface area (Å²) in [5, 5.41) is 26.5. The summed E-state index contributed by atoms with van der Waals surface area (Å²) in [7, 11) is 0. The normalized spacial score (nSPS) is 16.6. The first kappa shape index (κ1) is 22.3. The van der Waals surface area contributed by atoms with Crippen LogP contribution in [-0.4, -0.2) is 15.9 Å². The third-order valence-electron chi connectivity index (χ3n) is 5.29. The number of hydrogen-bond acceptors (Lipinski definition) is 5. The molecule has 4 rings (SSSR count). The molecule has 0 spiro atoms. The van der Waals surface area contributed by atoms with E-state index in [9.17, 15) is 28.8 Å². The lowest BCUT2D eigenvalue weighted by molar-refractivity contribution is -0.384. The topological polar surface area (TPSA) is 132 Å². The van der Waals surface area contributed by atoms with Crippen LogP contribution in [0.2, 0.25) is 0 Å². The highest BCUT2D eigenvalue weighted by molar-refractivity contribution is 6.12. The monoisotopic (exact) mass is 465 g/mol. The number of fused-ring (bicyclic) bond motifs is 1. The zero-order chi connectivity index (χ0) is 24.8. The van der Waals surface area contributed by atoms with Crippen molar-refractivity contribution in [2.75, 3.05) is 4.90 Å². The number of nitro benzene ring substituents is 1. The number of terminal acetylenes is 1. The Morgan fingerprint density at radius 3 is 2.53 bits per heavy atom. The molecule has 0 bridgehead atoms. The van der Waals surface area contributed by atoms with Gasteiger partial charge in [0.1, 0.15) is 17.3 Å². The molecule has 3 aromatic rings. The van der Waals surface area contributed by atoms with Crippen LogP contribution in [0, 0.1) is 39.9 Å². The summed E-state index contributed by atoms with van der Waals surface area (Å²) in [5.74, 6) is -2.85. The lowest BCUT2D eigenvalue weighted by Gasteiger charge is -2.35. The van der Waals surface area contributed by atoms with Gasteiger partial charge < -0.3 is 5.11 Å². The van der Waals surface area contributed by atoms with Crippen molar-refractivity contribution in [2.24, 2.45) is 5.11 Å². The van der Waals surface area contributed by atoms with E-state index >= 15 is 4.39 Å². The molecule has 12 heteroatoms. The summed E-state index contributed by atoms with van der Waals surface area (Å²) in [5.41, 5.74) is 1.24. The van der Waals surface area contributed by atoms with Gasteiger partial charge in [0.15, 0.2) is 5.82 Å². The first-order chi connectivity index (χ1) is 16.2. The summed E-state index contributed by atoms with van der Waals surface area (Å²) < 4.78 is 44.8. The standard InChI is InChI=1S/C22H10F3N5O4/c1-2-11-4-3-5-16(20(11)25)29-21(31)18-13(23)7-8-14(24)19(18)22(29,32)12-6-9-15(27-28-26)17(10-12)30(33)34/h1,3-10,32H. The van der Waals surface area contributed by atoms with E-state index in [1.165, 1.54) is 12.1 Å². The highest BCUT2D eigenvalue weighted by Crippen LogP contribution is 2.48. The van der Waals surface area contributed by atoms with Crippen molar-refractivity contribution < 1.29 is 28.0 Å². The van der Waals surface area contributed by atoms with E-state index in [-0.39, 0.29) is 5.56 Å². The Labute approximate surface area is 188 Å². The Hall–Kier alpha value is -4.85. The molecule has 1 amide bonds. The van der Waals surface area contributed by atoms with E-state index in [4.69, 9.17) is 12.0 Å². The zero-order valence-electron chi connectivity index (χ0n) is 16.7. The average Bonchev–Trinajstić information content (AvgIpc) is 3.05. The van der Waals surface area contributed by atoms with Crippen LogP contribution in [0.25, 0.3) is 10.4 Å². The van der Waals surface area contributed by atoms with Gasteiger partial charge in [-0.2, -0.15) is 0 Å². The van der Waals surface area contributed by atoms with Gasteiger partial charge in [0.25, 0.3) is 11.6 Å². The minimum Gasteiger partial charge on any atom is -0.363 e. The summed E-state index contributed by atoms with van der Waals surface area (Å²) in [6, 6.07) is 7.45. The number of halogens is 3. The third kappa shape index (κ3) is 3.04. The number of azide groups is 1. The maximum atomic E-state index is 15.2. The quantitative estimate of drug-likeness (QED) is 0.148. The fourth-order valence-corrected chi connectivity index (χ4v) is 3.85. The van der Waals surface area contributed by atoms with Crippen LogP contribution in [0.1, 0.15) is 27.0 Å². The van der Waals surface area contributed by atoms with Crippen LogP contribution < -0.4 is 4.90 Å². The molecule has 9 nitrogen and oxygen atoms in total. The molecule has 0 saturated heterocycles.